The molecule has 0 radical (unpaired) electrons. The number of fused-ring (bicyclic) bond motifs is 2. The zero-order chi connectivity index (χ0) is 53.9. The van der Waals surface area contributed by atoms with Crippen molar-refractivity contribution in [1.82, 2.24) is 44.5 Å². The van der Waals surface area contributed by atoms with Gasteiger partial charge in [-0.05, 0) is 111 Å². The van der Waals surface area contributed by atoms with Crippen LogP contribution in [0.1, 0.15) is 34.8 Å². The average Bonchev–Trinajstić information content (AvgIpc) is 4.23. The molecule has 1 saturated heterocycles. The summed E-state index contributed by atoms with van der Waals surface area (Å²) < 4.78 is 89.0. The van der Waals surface area contributed by atoms with Crippen molar-refractivity contribution in [2.24, 2.45) is 0 Å². The van der Waals surface area contributed by atoms with Gasteiger partial charge in [-0.3, -0.25) is 4.79 Å². The number of nitrogens with two attached hydrogens (primary N) is 1. The summed E-state index contributed by atoms with van der Waals surface area (Å²) in [5, 5.41) is 22.3. The molecular formula is C55H60F4N12O6. The van der Waals surface area contributed by atoms with E-state index in [0.717, 1.165) is 50.4 Å². The number of aromatic nitrogens is 7. The number of imidazole rings is 1. The highest BCUT2D eigenvalue weighted by molar-refractivity contribution is 5.94. The van der Waals surface area contributed by atoms with E-state index in [4.69, 9.17) is 29.2 Å². The Hall–Kier alpha value is -7.97. The van der Waals surface area contributed by atoms with Gasteiger partial charge < -0.3 is 59.2 Å². The number of benzene rings is 4. The number of nitrogens with zero attached hydrogens (tertiary/aromatic N) is 8. The number of carbonyl (C=O) groups excluding carboxylic acids is 1. The fourth-order valence-corrected chi connectivity index (χ4v) is 9.15. The minimum atomic E-state index is -4.47. The monoisotopic (exact) mass is 1060 g/mol. The van der Waals surface area contributed by atoms with Crippen molar-refractivity contribution in [3.05, 3.63) is 126 Å². The molecule has 0 aliphatic carbocycles. The molecule has 5 heterocycles. The van der Waals surface area contributed by atoms with E-state index in [0.29, 0.717) is 97.5 Å². The van der Waals surface area contributed by atoms with Crippen LogP contribution in [0.4, 0.5) is 34.6 Å². The Balaban J connectivity index is 0.634. The van der Waals surface area contributed by atoms with Crippen molar-refractivity contribution in [3.8, 4) is 34.4 Å². The number of hydrogen-bond acceptors (Lipinski definition) is 14. The third kappa shape index (κ3) is 14.1. The second kappa shape index (κ2) is 24.8. The summed E-state index contributed by atoms with van der Waals surface area (Å²) in [7, 11) is 1.86. The van der Waals surface area contributed by atoms with Crippen LogP contribution >= 0.6 is 0 Å². The summed E-state index contributed by atoms with van der Waals surface area (Å²) >= 11 is 0. The largest absolute Gasteiger partial charge is 0.484 e. The minimum absolute atomic E-state index is 0.151. The third-order valence-corrected chi connectivity index (χ3v) is 12.9. The van der Waals surface area contributed by atoms with Gasteiger partial charge in [0.2, 0.25) is 0 Å². The first kappa shape index (κ1) is 53.8. The van der Waals surface area contributed by atoms with E-state index in [1.807, 2.05) is 85.0 Å². The lowest BCUT2D eigenvalue weighted by Gasteiger charge is -2.33. The van der Waals surface area contributed by atoms with Crippen LogP contribution in [0.2, 0.25) is 0 Å². The number of aryl methyl sites for hydroxylation is 2. The van der Waals surface area contributed by atoms with Gasteiger partial charge in [0.15, 0.2) is 6.61 Å². The van der Waals surface area contributed by atoms with E-state index in [1.165, 1.54) is 0 Å². The van der Waals surface area contributed by atoms with Crippen molar-refractivity contribution in [2.75, 3.05) is 89.2 Å². The molecule has 404 valence electrons. The van der Waals surface area contributed by atoms with Crippen LogP contribution in [-0.2, 0) is 38.7 Å². The van der Waals surface area contributed by atoms with E-state index < -0.39 is 24.9 Å². The van der Waals surface area contributed by atoms with Crippen molar-refractivity contribution in [2.45, 2.75) is 58.4 Å². The molecule has 9 rings (SSSR count). The average molecular weight is 1060 g/mol. The van der Waals surface area contributed by atoms with Gasteiger partial charge >= 0.3 is 6.18 Å². The SMILES string of the molecule is Cc1noc(C)c1-c1cc(N)c2ncn(Cc3cccc(OCC(=O)NCCOCCOCCOCc4cn(-c5ccc(NCC#Cc6cc7c(N[C@@H]8CCN(C)C[C@@H]8F)cccc7n6CC(F)(F)F)cc5)nn4)c3)c2c1. The number of anilines is 3. The van der Waals surface area contributed by atoms with Crippen molar-refractivity contribution < 1.29 is 45.8 Å². The first-order valence-corrected chi connectivity index (χ1v) is 25.2. The van der Waals surface area contributed by atoms with Crippen LogP contribution in [0, 0.1) is 25.7 Å². The minimum Gasteiger partial charge on any atom is -0.484 e. The molecule has 0 spiro atoms. The Morgan fingerprint density at radius 2 is 1.74 bits per heavy atom. The molecule has 1 aliphatic heterocycles. The molecule has 0 unspecified atom stereocenters. The molecule has 1 amide bonds. The third-order valence-electron chi connectivity index (χ3n) is 12.9. The topological polar surface area (TPSA) is 199 Å². The number of nitrogen functional groups attached to an aromatic ring is 1. The number of alkyl halides is 4. The number of amides is 1. The standard InChI is InChI=1S/C55H60F4N12O6/c1-36-53(37(2)77-66-36)39-26-47(60)54-51(27-39)69(35-63-54)29-38-7-4-9-44(25-38)76-33-52(72)62-18-20-73-21-22-74-23-24-75-32-41-30-71(67-65-41)42-14-12-40(13-15-42)61-17-6-8-43-28-45-48(64-49-16-19-68(3)31-46(49)56)10-5-11-50(45)70(43)34-55(57,58)59/h4-5,7,9-15,25-28,30,35,46,49,61,64H,16-24,29,31-34,60H2,1-3H3,(H,62,72)/t46-,49+/m0/s1. The zero-order valence-corrected chi connectivity index (χ0v) is 42.9. The van der Waals surface area contributed by atoms with E-state index in [1.54, 1.807) is 47.5 Å². The summed E-state index contributed by atoms with van der Waals surface area (Å²) in [6, 6.07) is 25.1. The summed E-state index contributed by atoms with van der Waals surface area (Å²) in [5.74, 6) is 6.88. The highest BCUT2D eigenvalue weighted by atomic mass is 19.4. The molecule has 4 aromatic heterocycles. The van der Waals surface area contributed by atoms with E-state index in [2.05, 4.69) is 48.2 Å². The maximum Gasteiger partial charge on any atom is 0.406 e. The Bertz CT molecular complexity index is 3320. The maximum atomic E-state index is 14.9. The summed E-state index contributed by atoms with van der Waals surface area (Å²) in [5.41, 5.74) is 15.4. The van der Waals surface area contributed by atoms with E-state index >= 15 is 0 Å². The van der Waals surface area contributed by atoms with Gasteiger partial charge in [-0.2, -0.15) is 13.2 Å². The smallest absolute Gasteiger partial charge is 0.406 e. The number of nitrogens with one attached hydrogen (secondary N) is 3. The van der Waals surface area contributed by atoms with Gasteiger partial charge in [0.25, 0.3) is 5.91 Å². The molecule has 5 N–H and O–H groups in total. The second-order valence-electron chi connectivity index (χ2n) is 18.7. The lowest BCUT2D eigenvalue weighted by atomic mass is 10.0. The van der Waals surface area contributed by atoms with Crippen molar-refractivity contribution >= 4 is 44.9 Å². The fourth-order valence-electron chi connectivity index (χ4n) is 9.15. The number of halogens is 4. The Morgan fingerprint density at radius 1 is 0.948 bits per heavy atom. The van der Waals surface area contributed by atoms with Crippen LogP contribution in [0.3, 0.4) is 0 Å². The molecule has 0 saturated carbocycles. The first-order chi connectivity index (χ1) is 37.2. The number of ether oxygens (including phenoxy) is 4. The lowest BCUT2D eigenvalue weighted by molar-refractivity contribution is -0.140. The molecular weight excluding hydrogens is 1000 g/mol. The number of carbonyl (C=O) groups is 1. The fraction of sp³-hybridized carbons (Fsp3) is 0.364. The van der Waals surface area contributed by atoms with Gasteiger partial charge in [-0.25, -0.2) is 14.1 Å². The molecule has 1 fully saturated rings. The maximum absolute atomic E-state index is 14.9. The summed E-state index contributed by atoms with van der Waals surface area (Å²) in [4.78, 5) is 19.0. The van der Waals surface area contributed by atoms with Gasteiger partial charge in [-0.1, -0.05) is 34.5 Å². The lowest BCUT2D eigenvalue weighted by Crippen LogP contribution is -2.46. The zero-order valence-electron chi connectivity index (χ0n) is 42.9. The molecule has 2 atom stereocenters. The van der Waals surface area contributed by atoms with Crippen LogP contribution in [0.25, 0.3) is 38.8 Å². The molecule has 8 aromatic rings. The van der Waals surface area contributed by atoms with Crippen LogP contribution in [0.5, 0.6) is 5.75 Å². The van der Waals surface area contributed by atoms with Crippen LogP contribution in [0.15, 0.2) is 102 Å². The number of piperidine rings is 1. The number of rotatable bonds is 23. The van der Waals surface area contributed by atoms with Crippen molar-refractivity contribution in [1.29, 1.82) is 0 Å². The van der Waals surface area contributed by atoms with E-state index in [9.17, 15) is 22.4 Å². The van der Waals surface area contributed by atoms with Crippen LogP contribution in [-0.4, -0.2) is 136 Å². The van der Waals surface area contributed by atoms with Gasteiger partial charge in [0.05, 0.1) is 98.5 Å². The van der Waals surface area contributed by atoms with Crippen molar-refractivity contribution in [3.63, 3.8) is 0 Å². The van der Waals surface area contributed by atoms with Gasteiger partial charge in [0, 0.05) is 48.5 Å². The van der Waals surface area contributed by atoms with Crippen LogP contribution < -0.4 is 26.4 Å². The molecule has 1 aliphatic rings. The quantitative estimate of drug-likeness (QED) is 0.0210. The summed E-state index contributed by atoms with van der Waals surface area (Å²) in [6.07, 6.45) is -1.49. The van der Waals surface area contributed by atoms with Gasteiger partial charge in [-0.15, -0.1) is 5.10 Å². The second-order valence-corrected chi connectivity index (χ2v) is 18.7. The predicted molar refractivity (Wildman–Crippen MR) is 284 cm³/mol. The molecule has 4 aromatic carbocycles. The number of hydrogen-bond donors (Lipinski definition) is 4. The molecule has 18 nitrogen and oxygen atoms in total. The number of likely N-dealkylation sites (tertiary alicyclic amines) is 1. The normalized spacial score (nSPS) is 14.9. The Labute approximate surface area is 441 Å². The summed E-state index contributed by atoms with van der Waals surface area (Å²) in [6.45, 7) is 6.32. The van der Waals surface area contributed by atoms with Gasteiger partial charge in [0.1, 0.15) is 35.4 Å². The highest BCUT2D eigenvalue weighted by Gasteiger charge is 2.31. The molecule has 77 heavy (non-hydrogen) atoms. The highest BCUT2D eigenvalue weighted by Crippen LogP contribution is 2.34. The Morgan fingerprint density at radius 3 is 2.52 bits per heavy atom. The Kier molecular flexibility index (Phi) is 17.3. The molecule has 22 heteroatoms. The predicted octanol–water partition coefficient (Wildman–Crippen LogP) is 7.70. The first-order valence-electron chi connectivity index (χ1n) is 25.2. The van der Waals surface area contributed by atoms with E-state index in [-0.39, 0.29) is 37.9 Å². The molecule has 0 bridgehead atoms.